The highest BCUT2D eigenvalue weighted by molar-refractivity contribution is 7.19. The van der Waals surface area contributed by atoms with Crippen molar-refractivity contribution < 1.29 is 4.79 Å². The SMILES string of the molecule is CN(C)C1CCN(c2cc(N)c(C=N)cc2Nc2ncnc3sc4c(c23)CCCC4)CC1.CN(C)C=O. The van der Waals surface area contributed by atoms with Crippen molar-refractivity contribution in [3.63, 3.8) is 0 Å². The summed E-state index contributed by atoms with van der Waals surface area (Å²) in [5.74, 6) is 0.861. The number of carbonyl (C=O) groups excluding carboxylic acids is 1. The largest absolute Gasteiger partial charge is 0.398 e. The average molecular weight is 523 g/mol. The van der Waals surface area contributed by atoms with E-state index in [1.54, 1.807) is 20.4 Å². The van der Waals surface area contributed by atoms with E-state index >= 15 is 0 Å². The van der Waals surface area contributed by atoms with Gasteiger partial charge >= 0.3 is 0 Å². The molecular weight excluding hydrogens is 484 g/mol. The van der Waals surface area contributed by atoms with Gasteiger partial charge in [-0.05, 0) is 70.3 Å². The number of rotatable bonds is 6. The number of benzene rings is 1. The summed E-state index contributed by atoms with van der Waals surface area (Å²) in [5.41, 5.74) is 11.1. The van der Waals surface area contributed by atoms with E-state index in [2.05, 4.69) is 39.2 Å². The number of aromatic nitrogens is 2. The molecule has 3 heterocycles. The summed E-state index contributed by atoms with van der Waals surface area (Å²) in [7, 11) is 7.69. The molecule has 0 atom stereocenters. The molecule has 2 aromatic heterocycles. The molecule has 2 aliphatic rings. The average Bonchev–Trinajstić information content (AvgIpc) is 3.29. The number of nitrogens with one attached hydrogen (secondary N) is 2. The summed E-state index contributed by atoms with van der Waals surface area (Å²) in [6, 6.07) is 4.61. The molecule has 0 bridgehead atoms. The molecule has 0 saturated carbocycles. The zero-order valence-electron chi connectivity index (χ0n) is 22.3. The van der Waals surface area contributed by atoms with E-state index in [1.165, 1.54) is 34.4 Å². The molecule has 1 aromatic carbocycles. The number of amides is 1. The number of anilines is 4. The highest BCUT2D eigenvalue weighted by Gasteiger charge is 2.25. The molecule has 9 nitrogen and oxygen atoms in total. The molecule has 0 spiro atoms. The normalized spacial score (nSPS) is 15.6. The summed E-state index contributed by atoms with van der Waals surface area (Å²) in [5, 5.41) is 12.6. The number of nitrogens with two attached hydrogens (primary N) is 1. The molecule has 1 saturated heterocycles. The lowest BCUT2D eigenvalue weighted by atomic mass is 9.97. The van der Waals surface area contributed by atoms with E-state index in [-0.39, 0.29) is 0 Å². The maximum atomic E-state index is 9.43. The molecule has 1 fully saturated rings. The molecule has 0 unspecified atom stereocenters. The Morgan fingerprint density at radius 3 is 2.49 bits per heavy atom. The fraction of sp³-hybridized carbons (Fsp3) is 0.481. The van der Waals surface area contributed by atoms with Gasteiger partial charge in [-0.1, -0.05) is 0 Å². The van der Waals surface area contributed by atoms with Crippen LogP contribution >= 0.6 is 11.3 Å². The van der Waals surface area contributed by atoms with Gasteiger partial charge in [0, 0.05) is 55.6 Å². The van der Waals surface area contributed by atoms with Gasteiger partial charge in [0.15, 0.2) is 0 Å². The summed E-state index contributed by atoms with van der Waals surface area (Å²) in [6.45, 7) is 1.96. The number of aryl methyl sites for hydroxylation is 2. The van der Waals surface area contributed by atoms with Crippen molar-refractivity contribution in [1.82, 2.24) is 19.8 Å². The lowest BCUT2D eigenvalue weighted by molar-refractivity contribution is -0.115. The smallest absolute Gasteiger partial charge is 0.209 e. The number of nitrogens with zero attached hydrogens (tertiary/aromatic N) is 5. The third-order valence-corrected chi connectivity index (χ3v) is 8.31. The summed E-state index contributed by atoms with van der Waals surface area (Å²) in [4.78, 5) is 27.3. The molecule has 198 valence electrons. The van der Waals surface area contributed by atoms with Gasteiger partial charge < -0.3 is 31.2 Å². The van der Waals surface area contributed by atoms with E-state index in [0.717, 1.165) is 78.2 Å². The number of hydrogen-bond acceptors (Lipinski definition) is 9. The first-order chi connectivity index (χ1) is 17.8. The van der Waals surface area contributed by atoms with E-state index in [9.17, 15) is 4.79 Å². The van der Waals surface area contributed by atoms with E-state index in [4.69, 9.17) is 11.1 Å². The van der Waals surface area contributed by atoms with Crippen LogP contribution in [0.4, 0.5) is 22.9 Å². The molecule has 3 aromatic rings. The maximum Gasteiger partial charge on any atom is 0.209 e. The molecule has 1 aliphatic heterocycles. The van der Waals surface area contributed by atoms with Crippen LogP contribution in [0.15, 0.2) is 18.5 Å². The Bertz CT molecular complexity index is 1250. The Hall–Kier alpha value is -3.24. The fourth-order valence-electron chi connectivity index (χ4n) is 5.04. The number of nitrogen functional groups attached to an aromatic ring is 1. The third-order valence-electron chi connectivity index (χ3n) is 7.11. The van der Waals surface area contributed by atoms with Crippen LogP contribution in [0.25, 0.3) is 10.2 Å². The highest BCUT2D eigenvalue weighted by atomic mass is 32.1. The number of fused-ring (bicyclic) bond motifs is 3. The lowest BCUT2D eigenvalue weighted by Crippen LogP contribution is -2.42. The minimum absolute atomic E-state index is 0.611. The monoisotopic (exact) mass is 522 g/mol. The van der Waals surface area contributed by atoms with Crippen LogP contribution in [-0.4, -0.2) is 79.7 Å². The third kappa shape index (κ3) is 6.02. The predicted molar refractivity (Wildman–Crippen MR) is 155 cm³/mol. The van der Waals surface area contributed by atoms with Crippen LogP contribution in [0.5, 0.6) is 0 Å². The van der Waals surface area contributed by atoms with Crippen LogP contribution in [0.1, 0.15) is 41.7 Å². The summed E-state index contributed by atoms with van der Waals surface area (Å²) < 4.78 is 0. The Labute approximate surface area is 223 Å². The van der Waals surface area contributed by atoms with Gasteiger partial charge in [-0.15, -0.1) is 11.3 Å². The Balaban J connectivity index is 0.000000586. The molecule has 10 heteroatoms. The van der Waals surface area contributed by atoms with Gasteiger partial charge in [0.1, 0.15) is 17.0 Å². The maximum absolute atomic E-state index is 9.43. The van der Waals surface area contributed by atoms with Crippen LogP contribution in [0.2, 0.25) is 0 Å². The number of piperidine rings is 1. The Morgan fingerprint density at radius 2 is 1.84 bits per heavy atom. The number of thiophene rings is 1. The van der Waals surface area contributed by atoms with Crippen molar-refractivity contribution in [3.8, 4) is 0 Å². The van der Waals surface area contributed by atoms with Gasteiger partial charge in [-0.3, -0.25) is 4.79 Å². The zero-order valence-corrected chi connectivity index (χ0v) is 23.1. The van der Waals surface area contributed by atoms with Crippen LogP contribution in [0, 0.1) is 5.41 Å². The van der Waals surface area contributed by atoms with Crippen LogP contribution < -0.4 is 16.0 Å². The Kier molecular flexibility index (Phi) is 8.60. The van der Waals surface area contributed by atoms with E-state index in [1.807, 2.05) is 23.5 Å². The van der Waals surface area contributed by atoms with Crippen molar-refractivity contribution in [3.05, 3.63) is 34.5 Å². The van der Waals surface area contributed by atoms with Crippen molar-refractivity contribution in [1.29, 1.82) is 5.41 Å². The van der Waals surface area contributed by atoms with Gasteiger partial charge in [-0.25, -0.2) is 9.97 Å². The fourth-order valence-corrected chi connectivity index (χ4v) is 6.27. The van der Waals surface area contributed by atoms with E-state index < -0.39 is 0 Å². The molecule has 1 amide bonds. The zero-order chi connectivity index (χ0) is 26.5. The topological polar surface area (TPSA) is 114 Å². The van der Waals surface area contributed by atoms with Gasteiger partial charge in [0.25, 0.3) is 0 Å². The minimum atomic E-state index is 0.611. The van der Waals surface area contributed by atoms with Crippen molar-refractivity contribution >= 4 is 57.1 Å². The van der Waals surface area contributed by atoms with E-state index in [0.29, 0.717) is 11.7 Å². The number of carbonyl (C=O) groups is 1. The minimum Gasteiger partial charge on any atom is -0.398 e. The second kappa shape index (κ2) is 11.9. The van der Waals surface area contributed by atoms with Gasteiger partial charge in [0.2, 0.25) is 6.41 Å². The first-order valence-electron chi connectivity index (χ1n) is 12.8. The quantitative estimate of drug-likeness (QED) is 0.253. The molecular formula is C27H38N8OS. The first-order valence-corrected chi connectivity index (χ1v) is 13.6. The predicted octanol–water partition coefficient (Wildman–Crippen LogP) is 4.13. The Morgan fingerprint density at radius 1 is 1.14 bits per heavy atom. The van der Waals surface area contributed by atoms with Crippen LogP contribution in [-0.2, 0) is 17.6 Å². The van der Waals surface area contributed by atoms with Crippen molar-refractivity contribution in [2.24, 2.45) is 0 Å². The van der Waals surface area contributed by atoms with Gasteiger partial charge in [0.05, 0.1) is 16.8 Å². The van der Waals surface area contributed by atoms with Crippen LogP contribution in [0.3, 0.4) is 0 Å². The molecule has 0 radical (unpaired) electrons. The second-order valence-corrected chi connectivity index (χ2v) is 11.2. The molecule has 1 aliphatic carbocycles. The first kappa shape index (κ1) is 26.8. The molecule has 4 N–H and O–H groups in total. The lowest BCUT2D eigenvalue weighted by Gasteiger charge is -2.37. The summed E-state index contributed by atoms with van der Waals surface area (Å²) in [6.07, 6.45) is 10.7. The molecule has 37 heavy (non-hydrogen) atoms. The summed E-state index contributed by atoms with van der Waals surface area (Å²) >= 11 is 1.81. The van der Waals surface area contributed by atoms with Gasteiger partial charge in [-0.2, -0.15) is 0 Å². The van der Waals surface area contributed by atoms with Crippen molar-refractivity contribution in [2.45, 2.75) is 44.6 Å². The standard InChI is InChI=1S/C24H31N7S.C3H7NO/c1-30(2)16-7-9-31(10-8-16)20-12-18(26)15(13-25)11-19(20)29-23-22-17-5-3-4-6-21(17)32-24(22)28-14-27-23;1-4(2)3-5/h11-14,16,25H,3-10,26H2,1-2H3,(H,27,28,29);3H,1-2H3. The number of hydrogen-bond donors (Lipinski definition) is 3. The molecule has 5 rings (SSSR count). The second-order valence-electron chi connectivity index (χ2n) is 10.1. The van der Waals surface area contributed by atoms with Crippen molar-refractivity contribution in [2.75, 3.05) is 57.2 Å². The highest BCUT2D eigenvalue weighted by Crippen LogP contribution is 2.41.